The SMILES string of the molecule is CCc1cc(C#N)ccc1S(=O)(=O)NCCC(=O)OC. The normalized spacial score (nSPS) is 10.8. The lowest BCUT2D eigenvalue weighted by atomic mass is 10.1. The number of carbonyl (C=O) groups is 1. The molecular formula is C13H16N2O4S. The van der Waals surface area contributed by atoms with Gasteiger partial charge in [-0.2, -0.15) is 5.26 Å². The highest BCUT2D eigenvalue weighted by Crippen LogP contribution is 2.18. The molecule has 0 aromatic heterocycles. The quantitative estimate of drug-likeness (QED) is 0.789. The number of benzene rings is 1. The number of aryl methyl sites for hydroxylation is 1. The van der Waals surface area contributed by atoms with Crippen LogP contribution < -0.4 is 4.72 Å². The van der Waals surface area contributed by atoms with Crippen molar-refractivity contribution in [2.24, 2.45) is 0 Å². The third-order valence-electron chi connectivity index (χ3n) is 2.71. The number of methoxy groups -OCH3 is 1. The summed E-state index contributed by atoms with van der Waals surface area (Å²) < 4.78 is 31.0. The van der Waals surface area contributed by atoms with Crippen molar-refractivity contribution in [1.82, 2.24) is 4.72 Å². The van der Waals surface area contributed by atoms with Crippen molar-refractivity contribution in [2.75, 3.05) is 13.7 Å². The Hall–Kier alpha value is -1.91. The van der Waals surface area contributed by atoms with Crippen LogP contribution in [0, 0.1) is 11.3 Å². The molecule has 0 unspecified atom stereocenters. The second-order valence-electron chi connectivity index (χ2n) is 4.01. The zero-order chi connectivity index (χ0) is 15.2. The van der Waals surface area contributed by atoms with Crippen molar-refractivity contribution in [3.63, 3.8) is 0 Å². The largest absolute Gasteiger partial charge is 0.469 e. The summed E-state index contributed by atoms with van der Waals surface area (Å²) in [6.45, 7) is 1.78. The predicted octanol–water partition coefficient (Wildman–Crippen LogP) is 0.962. The Balaban J connectivity index is 2.93. The number of carbonyl (C=O) groups excluding carboxylic acids is 1. The summed E-state index contributed by atoms with van der Waals surface area (Å²) in [6, 6.07) is 6.37. The molecule has 0 saturated heterocycles. The lowest BCUT2D eigenvalue weighted by molar-refractivity contribution is -0.140. The fourth-order valence-electron chi connectivity index (χ4n) is 1.65. The summed E-state index contributed by atoms with van der Waals surface area (Å²) in [5, 5.41) is 8.81. The Labute approximate surface area is 118 Å². The molecule has 1 rings (SSSR count). The zero-order valence-electron chi connectivity index (χ0n) is 11.3. The number of ether oxygens (including phenoxy) is 1. The second kappa shape index (κ2) is 7.03. The fourth-order valence-corrected chi connectivity index (χ4v) is 2.98. The van der Waals surface area contributed by atoms with Gasteiger partial charge in [-0.3, -0.25) is 4.79 Å². The van der Waals surface area contributed by atoms with E-state index in [9.17, 15) is 13.2 Å². The van der Waals surface area contributed by atoms with Gasteiger partial charge in [0.25, 0.3) is 0 Å². The highest BCUT2D eigenvalue weighted by Gasteiger charge is 2.18. The Morgan fingerprint density at radius 2 is 2.15 bits per heavy atom. The van der Waals surface area contributed by atoms with Gasteiger partial charge in [0, 0.05) is 6.54 Å². The molecule has 0 fully saturated rings. The van der Waals surface area contributed by atoms with Crippen LogP contribution in [0.2, 0.25) is 0 Å². The number of nitrogens with zero attached hydrogens (tertiary/aromatic N) is 1. The van der Waals surface area contributed by atoms with E-state index < -0.39 is 16.0 Å². The first-order valence-electron chi connectivity index (χ1n) is 6.04. The van der Waals surface area contributed by atoms with Crippen LogP contribution in [0.3, 0.4) is 0 Å². The van der Waals surface area contributed by atoms with E-state index in [-0.39, 0.29) is 17.9 Å². The second-order valence-corrected chi connectivity index (χ2v) is 5.75. The molecule has 0 saturated carbocycles. The summed E-state index contributed by atoms with van der Waals surface area (Å²) in [5.74, 6) is -0.483. The van der Waals surface area contributed by atoms with Crippen LogP contribution in [0.5, 0.6) is 0 Å². The van der Waals surface area contributed by atoms with E-state index >= 15 is 0 Å². The molecule has 0 heterocycles. The van der Waals surface area contributed by atoms with E-state index in [0.717, 1.165) is 0 Å². The molecule has 0 aliphatic heterocycles. The van der Waals surface area contributed by atoms with Gasteiger partial charge in [-0.05, 0) is 30.2 Å². The summed E-state index contributed by atoms with van der Waals surface area (Å²) in [5.41, 5.74) is 0.977. The van der Waals surface area contributed by atoms with Crippen molar-refractivity contribution >= 4 is 16.0 Å². The fraction of sp³-hybridized carbons (Fsp3) is 0.385. The van der Waals surface area contributed by atoms with E-state index in [1.807, 2.05) is 13.0 Å². The van der Waals surface area contributed by atoms with Crippen molar-refractivity contribution in [3.8, 4) is 6.07 Å². The van der Waals surface area contributed by atoms with Gasteiger partial charge in [-0.1, -0.05) is 6.92 Å². The molecule has 0 amide bonds. The number of hydrogen-bond acceptors (Lipinski definition) is 5. The number of rotatable bonds is 6. The first-order chi connectivity index (χ1) is 9.44. The molecular weight excluding hydrogens is 280 g/mol. The third-order valence-corrected chi connectivity index (χ3v) is 4.27. The topological polar surface area (TPSA) is 96.3 Å². The maximum Gasteiger partial charge on any atom is 0.306 e. The van der Waals surface area contributed by atoms with Crippen LogP contribution >= 0.6 is 0 Å². The van der Waals surface area contributed by atoms with Crippen LogP contribution in [-0.2, 0) is 26.0 Å². The van der Waals surface area contributed by atoms with E-state index in [1.54, 1.807) is 6.07 Å². The molecule has 6 nitrogen and oxygen atoms in total. The van der Waals surface area contributed by atoms with Crippen LogP contribution in [0.4, 0.5) is 0 Å². The van der Waals surface area contributed by atoms with Gasteiger partial charge in [0.05, 0.1) is 30.1 Å². The van der Waals surface area contributed by atoms with Crippen LogP contribution in [0.25, 0.3) is 0 Å². The van der Waals surface area contributed by atoms with Crippen molar-refractivity contribution < 1.29 is 17.9 Å². The molecule has 0 bridgehead atoms. The molecule has 1 aromatic rings. The molecule has 0 aliphatic carbocycles. The molecule has 20 heavy (non-hydrogen) atoms. The average molecular weight is 296 g/mol. The molecule has 0 radical (unpaired) electrons. The van der Waals surface area contributed by atoms with E-state index in [2.05, 4.69) is 9.46 Å². The van der Waals surface area contributed by atoms with Crippen molar-refractivity contribution in [1.29, 1.82) is 5.26 Å². The minimum atomic E-state index is -3.70. The lowest BCUT2D eigenvalue weighted by Crippen LogP contribution is -2.27. The van der Waals surface area contributed by atoms with Crippen LogP contribution in [-0.4, -0.2) is 28.0 Å². The van der Waals surface area contributed by atoms with Crippen molar-refractivity contribution in [3.05, 3.63) is 29.3 Å². The van der Waals surface area contributed by atoms with Crippen molar-refractivity contribution in [2.45, 2.75) is 24.7 Å². The number of esters is 1. The molecule has 0 atom stereocenters. The molecule has 0 spiro atoms. The third kappa shape index (κ3) is 4.05. The summed E-state index contributed by atoms with van der Waals surface area (Å²) >= 11 is 0. The van der Waals surface area contributed by atoms with Gasteiger partial charge in [0.15, 0.2) is 0 Å². The van der Waals surface area contributed by atoms with E-state index in [4.69, 9.17) is 5.26 Å². The minimum Gasteiger partial charge on any atom is -0.469 e. The number of nitriles is 1. The van der Waals surface area contributed by atoms with Gasteiger partial charge < -0.3 is 4.74 Å². The number of hydrogen-bond donors (Lipinski definition) is 1. The Bertz CT molecular complexity index is 632. The van der Waals surface area contributed by atoms with Gasteiger partial charge in [0.1, 0.15) is 0 Å². The first kappa shape index (κ1) is 16.1. The number of sulfonamides is 1. The van der Waals surface area contributed by atoms with Gasteiger partial charge in [0.2, 0.25) is 10.0 Å². The number of nitrogens with one attached hydrogen (secondary N) is 1. The molecule has 108 valence electrons. The lowest BCUT2D eigenvalue weighted by Gasteiger charge is -2.10. The maximum atomic E-state index is 12.1. The van der Waals surface area contributed by atoms with Gasteiger partial charge in [-0.25, -0.2) is 13.1 Å². The predicted molar refractivity (Wildman–Crippen MR) is 72.4 cm³/mol. The Morgan fingerprint density at radius 3 is 2.70 bits per heavy atom. The minimum absolute atomic E-state index is 0.0296. The maximum absolute atomic E-state index is 12.1. The zero-order valence-corrected chi connectivity index (χ0v) is 12.2. The first-order valence-corrected chi connectivity index (χ1v) is 7.52. The van der Waals surface area contributed by atoms with Crippen LogP contribution in [0.1, 0.15) is 24.5 Å². The molecule has 1 aromatic carbocycles. The highest BCUT2D eigenvalue weighted by atomic mass is 32.2. The summed E-state index contributed by atoms with van der Waals surface area (Å²) in [4.78, 5) is 11.1. The highest BCUT2D eigenvalue weighted by molar-refractivity contribution is 7.89. The summed E-state index contributed by atoms with van der Waals surface area (Å²) in [6.07, 6.45) is 0.455. The monoisotopic (exact) mass is 296 g/mol. The van der Waals surface area contributed by atoms with Crippen LogP contribution in [0.15, 0.2) is 23.1 Å². The van der Waals surface area contributed by atoms with Gasteiger partial charge >= 0.3 is 5.97 Å². The molecule has 1 N–H and O–H groups in total. The summed E-state index contributed by atoms with van der Waals surface area (Å²) in [7, 11) is -2.46. The molecule has 0 aliphatic rings. The van der Waals surface area contributed by atoms with Gasteiger partial charge in [-0.15, -0.1) is 0 Å². The van der Waals surface area contributed by atoms with E-state index in [1.165, 1.54) is 19.2 Å². The standard InChI is InChI=1S/C13H16N2O4S/c1-3-11-8-10(9-14)4-5-12(11)20(17,18)15-7-6-13(16)19-2/h4-5,8,15H,3,6-7H2,1-2H3. The Morgan fingerprint density at radius 1 is 1.45 bits per heavy atom. The average Bonchev–Trinajstić information content (AvgIpc) is 2.45. The Kier molecular flexibility index (Phi) is 5.67. The smallest absolute Gasteiger partial charge is 0.306 e. The van der Waals surface area contributed by atoms with E-state index in [0.29, 0.717) is 17.5 Å². The molecule has 7 heteroatoms.